The van der Waals surface area contributed by atoms with Crippen LogP contribution in [0.3, 0.4) is 0 Å². The fourth-order valence-electron chi connectivity index (χ4n) is 3.25. The summed E-state index contributed by atoms with van der Waals surface area (Å²) in [5, 5.41) is 2.77. The lowest BCUT2D eigenvalue weighted by molar-refractivity contribution is 0.877. The molecule has 0 radical (unpaired) electrons. The van der Waals surface area contributed by atoms with E-state index < -0.39 is 7.92 Å². The van der Waals surface area contributed by atoms with Crippen molar-refractivity contribution in [2.24, 2.45) is 0 Å². The average Bonchev–Trinajstić information content (AvgIpc) is 2.79. The zero-order valence-electron chi connectivity index (χ0n) is 15.7. The van der Waals surface area contributed by atoms with Crippen molar-refractivity contribution in [3.05, 3.63) is 121 Å². The Kier molecular flexibility index (Phi) is 6.11. The summed E-state index contributed by atoms with van der Waals surface area (Å²) in [7, 11) is -0.524. The van der Waals surface area contributed by atoms with Gasteiger partial charge >= 0.3 is 0 Å². The van der Waals surface area contributed by atoms with Gasteiger partial charge in [-0.3, -0.25) is 0 Å². The molecule has 0 bridgehead atoms. The van der Waals surface area contributed by atoms with E-state index in [0.717, 1.165) is 18.6 Å². The highest BCUT2D eigenvalue weighted by Gasteiger charge is 2.19. The molecule has 3 heteroatoms. The van der Waals surface area contributed by atoms with Crippen molar-refractivity contribution in [1.29, 1.82) is 0 Å². The highest BCUT2D eigenvalue weighted by atomic mass is 31.1. The Hall–Kier alpha value is -2.96. The predicted molar refractivity (Wildman–Crippen MR) is 121 cm³/mol. The quantitative estimate of drug-likeness (QED) is 0.410. The molecule has 0 saturated carbocycles. The van der Waals surface area contributed by atoms with Gasteiger partial charge < -0.3 is 4.90 Å². The molecule has 4 aromatic rings. The standard InChI is InChI=1S/C25H23N2P/c1-4-12-22(13-5-1)20-27(25-18-10-11-19-26-25)21-28(23-14-6-2-7-15-23)24-16-8-3-9-17-24/h1-19H,20-21H2. The van der Waals surface area contributed by atoms with Gasteiger partial charge in [0.1, 0.15) is 5.82 Å². The molecule has 0 fully saturated rings. The van der Waals surface area contributed by atoms with Crippen LogP contribution in [0.5, 0.6) is 0 Å². The van der Waals surface area contributed by atoms with Gasteiger partial charge in [-0.15, -0.1) is 0 Å². The Balaban J connectivity index is 1.70. The van der Waals surface area contributed by atoms with Gasteiger partial charge in [-0.05, 0) is 36.2 Å². The molecule has 0 N–H and O–H groups in total. The highest BCUT2D eigenvalue weighted by molar-refractivity contribution is 7.73. The van der Waals surface area contributed by atoms with Crippen molar-refractivity contribution in [2.75, 3.05) is 11.2 Å². The zero-order chi connectivity index (χ0) is 19.0. The van der Waals surface area contributed by atoms with Gasteiger partial charge in [0.15, 0.2) is 0 Å². The summed E-state index contributed by atoms with van der Waals surface area (Å²) in [5.41, 5.74) is 1.30. The number of aromatic nitrogens is 1. The molecular weight excluding hydrogens is 359 g/mol. The Morgan fingerprint density at radius 1 is 0.607 bits per heavy atom. The molecule has 2 nitrogen and oxygen atoms in total. The van der Waals surface area contributed by atoms with Gasteiger partial charge in [0, 0.05) is 19.0 Å². The van der Waals surface area contributed by atoms with Crippen LogP contribution in [0.4, 0.5) is 5.82 Å². The van der Waals surface area contributed by atoms with E-state index in [0.29, 0.717) is 0 Å². The molecular formula is C25H23N2P. The number of hydrogen-bond acceptors (Lipinski definition) is 2. The summed E-state index contributed by atoms with van der Waals surface area (Å²) in [6, 6.07) is 38.5. The van der Waals surface area contributed by atoms with E-state index >= 15 is 0 Å². The normalized spacial score (nSPS) is 10.8. The molecule has 3 aromatic carbocycles. The van der Waals surface area contributed by atoms with Crippen LogP contribution in [0.1, 0.15) is 5.56 Å². The highest BCUT2D eigenvalue weighted by Crippen LogP contribution is 2.36. The fourth-order valence-corrected chi connectivity index (χ4v) is 5.52. The SMILES string of the molecule is c1ccc(CN(CP(c2ccccc2)c2ccccc2)c2ccccn2)cc1. The van der Waals surface area contributed by atoms with Gasteiger partial charge in [-0.25, -0.2) is 4.98 Å². The van der Waals surface area contributed by atoms with E-state index in [9.17, 15) is 0 Å². The van der Waals surface area contributed by atoms with Crippen LogP contribution in [-0.4, -0.2) is 11.3 Å². The van der Waals surface area contributed by atoms with Crippen LogP contribution in [-0.2, 0) is 6.54 Å². The van der Waals surface area contributed by atoms with Gasteiger partial charge in [0.25, 0.3) is 0 Å². The molecule has 138 valence electrons. The fraction of sp³-hybridized carbons (Fsp3) is 0.0800. The minimum absolute atomic E-state index is 0.524. The molecule has 0 aliphatic rings. The lowest BCUT2D eigenvalue weighted by atomic mass is 10.2. The Bertz CT molecular complexity index is 921. The number of anilines is 1. The first-order valence-corrected chi connectivity index (χ1v) is 11.0. The van der Waals surface area contributed by atoms with Crippen molar-refractivity contribution in [2.45, 2.75) is 6.54 Å². The Labute approximate surface area is 168 Å². The molecule has 0 aliphatic heterocycles. The lowest BCUT2D eigenvalue weighted by Crippen LogP contribution is -2.29. The zero-order valence-corrected chi connectivity index (χ0v) is 16.6. The number of pyridine rings is 1. The monoisotopic (exact) mass is 382 g/mol. The van der Waals surface area contributed by atoms with E-state index in [1.165, 1.54) is 16.2 Å². The molecule has 1 heterocycles. The third kappa shape index (κ3) is 4.65. The van der Waals surface area contributed by atoms with Crippen LogP contribution in [0.15, 0.2) is 115 Å². The largest absolute Gasteiger partial charge is 0.348 e. The van der Waals surface area contributed by atoms with Crippen LogP contribution in [0.2, 0.25) is 0 Å². The molecule has 1 aromatic heterocycles. The van der Waals surface area contributed by atoms with Gasteiger partial charge in [0.2, 0.25) is 0 Å². The summed E-state index contributed by atoms with van der Waals surface area (Å²) in [5.74, 6) is 1.02. The first kappa shape index (κ1) is 18.4. The molecule has 0 spiro atoms. The van der Waals surface area contributed by atoms with E-state index in [-0.39, 0.29) is 0 Å². The summed E-state index contributed by atoms with van der Waals surface area (Å²) < 4.78 is 0. The maximum Gasteiger partial charge on any atom is 0.129 e. The summed E-state index contributed by atoms with van der Waals surface area (Å²) >= 11 is 0. The van der Waals surface area contributed by atoms with Crippen LogP contribution in [0.25, 0.3) is 0 Å². The minimum Gasteiger partial charge on any atom is -0.348 e. The van der Waals surface area contributed by atoms with Crippen molar-refractivity contribution < 1.29 is 0 Å². The third-order valence-electron chi connectivity index (χ3n) is 4.64. The molecule has 0 amide bonds. The van der Waals surface area contributed by atoms with Crippen molar-refractivity contribution >= 4 is 24.3 Å². The summed E-state index contributed by atoms with van der Waals surface area (Å²) in [4.78, 5) is 7.06. The van der Waals surface area contributed by atoms with E-state index in [1.54, 1.807) is 0 Å². The topological polar surface area (TPSA) is 16.1 Å². The van der Waals surface area contributed by atoms with Crippen LogP contribution in [0, 0.1) is 0 Å². The molecule has 0 saturated heterocycles. The molecule has 0 unspecified atom stereocenters. The summed E-state index contributed by atoms with van der Waals surface area (Å²) in [6.07, 6.45) is 2.80. The first-order valence-electron chi connectivity index (χ1n) is 9.48. The molecule has 0 atom stereocenters. The molecule has 28 heavy (non-hydrogen) atoms. The maximum atomic E-state index is 4.65. The van der Waals surface area contributed by atoms with E-state index in [2.05, 4.69) is 113 Å². The van der Waals surface area contributed by atoms with E-state index in [1.807, 2.05) is 12.3 Å². The van der Waals surface area contributed by atoms with Crippen molar-refractivity contribution in [3.63, 3.8) is 0 Å². The Morgan fingerprint density at radius 2 is 1.14 bits per heavy atom. The Morgan fingerprint density at radius 3 is 1.68 bits per heavy atom. The second-order valence-corrected chi connectivity index (χ2v) is 8.78. The van der Waals surface area contributed by atoms with Crippen LogP contribution < -0.4 is 15.5 Å². The predicted octanol–water partition coefficient (Wildman–Crippen LogP) is 5.18. The number of nitrogens with zero attached hydrogens (tertiary/aromatic N) is 2. The summed E-state index contributed by atoms with van der Waals surface area (Å²) in [6.45, 7) is 0.844. The van der Waals surface area contributed by atoms with Crippen LogP contribution >= 0.6 is 7.92 Å². The second kappa shape index (κ2) is 9.30. The number of benzene rings is 3. The second-order valence-electron chi connectivity index (χ2n) is 6.61. The van der Waals surface area contributed by atoms with E-state index in [4.69, 9.17) is 0 Å². The number of rotatable bonds is 7. The van der Waals surface area contributed by atoms with Crippen molar-refractivity contribution in [1.82, 2.24) is 4.98 Å². The van der Waals surface area contributed by atoms with Gasteiger partial charge in [-0.2, -0.15) is 0 Å². The molecule has 0 aliphatic carbocycles. The van der Waals surface area contributed by atoms with Crippen molar-refractivity contribution in [3.8, 4) is 0 Å². The average molecular weight is 382 g/mol. The van der Waals surface area contributed by atoms with Gasteiger partial charge in [-0.1, -0.05) is 97.1 Å². The van der Waals surface area contributed by atoms with Gasteiger partial charge in [0.05, 0.1) is 0 Å². The minimum atomic E-state index is -0.524. The lowest BCUT2D eigenvalue weighted by Gasteiger charge is -2.29. The smallest absolute Gasteiger partial charge is 0.129 e. The first-order chi connectivity index (χ1) is 13.9. The third-order valence-corrected chi connectivity index (χ3v) is 7.10. The molecule has 4 rings (SSSR count). The number of hydrogen-bond donors (Lipinski definition) is 0. The maximum absolute atomic E-state index is 4.65.